The Morgan fingerprint density at radius 1 is 1.13 bits per heavy atom. The molecule has 1 fully saturated rings. The lowest BCUT2D eigenvalue weighted by Gasteiger charge is -2.33. The summed E-state index contributed by atoms with van der Waals surface area (Å²) in [4.78, 5) is 41.0. The number of ether oxygens (including phenoxy) is 2. The monoisotopic (exact) mass is 545 g/mol. The number of rotatable bonds is 13. The number of nitrogens with zero attached hydrogens (tertiary/aromatic N) is 3. The summed E-state index contributed by atoms with van der Waals surface area (Å²) < 4.78 is 11.4. The molecule has 0 radical (unpaired) electrons. The quantitative estimate of drug-likeness (QED) is 0.390. The van der Waals surface area contributed by atoms with E-state index < -0.39 is 5.97 Å². The molecule has 0 bridgehead atoms. The van der Waals surface area contributed by atoms with Crippen LogP contribution in [0.3, 0.4) is 0 Å². The molecule has 206 valence electrons. The first-order valence-electron chi connectivity index (χ1n) is 12.7. The number of urea groups is 1. The number of aliphatic carboxylic acids is 1. The maximum absolute atomic E-state index is 12.3. The summed E-state index contributed by atoms with van der Waals surface area (Å²) in [7, 11) is 3.21. The lowest BCUT2D eigenvalue weighted by atomic mass is 9.99. The van der Waals surface area contributed by atoms with Gasteiger partial charge in [-0.1, -0.05) is 43.6 Å². The van der Waals surface area contributed by atoms with E-state index in [9.17, 15) is 19.5 Å². The molecule has 1 atom stereocenters. The van der Waals surface area contributed by atoms with Crippen LogP contribution in [-0.4, -0.2) is 78.1 Å². The van der Waals surface area contributed by atoms with E-state index in [1.165, 1.54) is 9.80 Å². The highest BCUT2D eigenvalue weighted by Gasteiger charge is 2.29. The minimum Gasteiger partial charge on any atom is -0.493 e. The van der Waals surface area contributed by atoms with Crippen LogP contribution in [0.2, 0.25) is 5.02 Å². The van der Waals surface area contributed by atoms with Gasteiger partial charge in [0, 0.05) is 44.2 Å². The molecule has 38 heavy (non-hydrogen) atoms. The zero-order valence-corrected chi connectivity index (χ0v) is 23.1. The maximum Gasteiger partial charge on any atom is 0.326 e. The molecule has 0 saturated carbocycles. The molecule has 2 aromatic carbocycles. The van der Waals surface area contributed by atoms with E-state index in [4.69, 9.17) is 21.1 Å². The highest BCUT2D eigenvalue weighted by atomic mass is 35.5. The number of methoxy groups -OCH3 is 1. The number of carbonyl (C=O) groups excluding carboxylic acids is 2. The molecule has 0 aromatic heterocycles. The zero-order chi connectivity index (χ0) is 27.8. The van der Waals surface area contributed by atoms with Crippen LogP contribution >= 0.6 is 11.6 Å². The summed E-state index contributed by atoms with van der Waals surface area (Å²) in [5.41, 5.74) is 1.82. The number of carbonyl (C=O) groups is 3. The van der Waals surface area contributed by atoms with Crippen LogP contribution in [0.25, 0.3) is 0 Å². The average Bonchev–Trinajstić information content (AvgIpc) is 2.87. The number of amides is 3. The third-order valence-corrected chi connectivity index (χ3v) is 6.62. The van der Waals surface area contributed by atoms with Gasteiger partial charge in [0.2, 0.25) is 5.91 Å². The van der Waals surface area contributed by atoms with Crippen LogP contribution in [0.1, 0.15) is 43.9 Å². The number of hydrogen-bond donors (Lipinski definition) is 1. The molecular weight excluding hydrogens is 510 g/mol. The standard InChI is InChI=1S/C28H36ClN3O6/c1-19(2)17-31(23(16-27(34)35)21-6-8-22(29)9-7-21)18-20-5-10-24(25(15-20)37-4)38-14-13-32-26(33)11-12-30(3)28(32)36/h5-10,15,19,23H,11-14,16-18H2,1-4H3,(H,34,35)/t23-/m1/s1. The van der Waals surface area contributed by atoms with Crippen molar-refractivity contribution < 1.29 is 29.0 Å². The van der Waals surface area contributed by atoms with E-state index in [1.54, 1.807) is 32.4 Å². The molecule has 3 rings (SSSR count). The summed E-state index contributed by atoms with van der Waals surface area (Å²) in [6.45, 7) is 6.08. The molecule has 0 unspecified atom stereocenters. The number of hydrogen-bond acceptors (Lipinski definition) is 6. The normalized spacial score (nSPS) is 14.8. The third kappa shape index (κ3) is 7.85. The number of benzene rings is 2. The van der Waals surface area contributed by atoms with Crippen molar-refractivity contribution in [3.05, 3.63) is 58.6 Å². The van der Waals surface area contributed by atoms with Gasteiger partial charge in [0.05, 0.1) is 20.1 Å². The molecule has 1 heterocycles. The van der Waals surface area contributed by atoms with Crippen LogP contribution in [0.15, 0.2) is 42.5 Å². The Morgan fingerprint density at radius 2 is 1.84 bits per heavy atom. The molecule has 1 aliphatic rings. The van der Waals surface area contributed by atoms with Crippen molar-refractivity contribution in [1.82, 2.24) is 14.7 Å². The van der Waals surface area contributed by atoms with Gasteiger partial charge in [0.1, 0.15) is 6.61 Å². The van der Waals surface area contributed by atoms with Crippen molar-refractivity contribution in [3.8, 4) is 11.5 Å². The van der Waals surface area contributed by atoms with Gasteiger partial charge in [-0.05, 0) is 41.3 Å². The number of carboxylic acids is 1. The van der Waals surface area contributed by atoms with Gasteiger partial charge in [0.25, 0.3) is 0 Å². The van der Waals surface area contributed by atoms with E-state index in [1.807, 2.05) is 24.3 Å². The van der Waals surface area contributed by atoms with Gasteiger partial charge in [-0.25, -0.2) is 4.79 Å². The summed E-state index contributed by atoms with van der Waals surface area (Å²) in [5.74, 6) is 0.235. The largest absolute Gasteiger partial charge is 0.493 e. The Labute approximate surface area is 228 Å². The SMILES string of the molecule is COc1cc(CN(CC(C)C)[C@H](CC(=O)O)c2ccc(Cl)cc2)ccc1OCCN1C(=O)CCN(C)C1=O. The molecular formula is C28H36ClN3O6. The molecule has 10 heteroatoms. The molecule has 1 aliphatic heterocycles. The van der Waals surface area contributed by atoms with Gasteiger partial charge in [-0.15, -0.1) is 0 Å². The number of halogens is 1. The van der Waals surface area contributed by atoms with Gasteiger partial charge >= 0.3 is 12.0 Å². The summed E-state index contributed by atoms with van der Waals surface area (Å²) in [6.07, 6.45) is 0.252. The van der Waals surface area contributed by atoms with Crippen molar-refractivity contribution in [2.24, 2.45) is 5.92 Å². The topological polar surface area (TPSA) is 99.6 Å². The smallest absolute Gasteiger partial charge is 0.326 e. The predicted octanol–water partition coefficient (Wildman–Crippen LogP) is 4.69. The van der Waals surface area contributed by atoms with E-state index in [-0.39, 0.29) is 37.6 Å². The Balaban J connectivity index is 1.76. The van der Waals surface area contributed by atoms with E-state index in [0.29, 0.717) is 48.5 Å². The summed E-state index contributed by atoms with van der Waals surface area (Å²) in [5, 5.41) is 10.3. The Kier molecular flexibility index (Phi) is 10.4. The molecule has 3 amide bonds. The van der Waals surface area contributed by atoms with E-state index in [0.717, 1.165) is 11.1 Å². The van der Waals surface area contributed by atoms with Gasteiger partial charge in [-0.2, -0.15) is 0 Å². The van der Waals surface area contributed by atoms with Crippen LogP contribution < -0.4 is 9.47 Å². The number of imide groups is 1. The Morgan fingerprint density at radius 3 is 2.47 bits per heavy atom. The van der Waals surface area contributed by atoms with Crippen molar-refractivity contribution in [2.75, 3.05) is 40.4 Å². The molecule has 0 aliphatic carbocycles. The minimum absolute atomic E-state index is 0.0458. The second-order valence-electron chi connectivity index (χ2n) is 9.82. The average molecular weight is 546 g/mol. The second kappa shape index (κ2) is 13.5. The fourth-order valence-corrected chi connectivity index (χ4v) is 4.64. The second-order valence-corrected chi connectivity index (χ2v) is 10.3. The Hall–Kier alpha value is -3.30. The van der Waals surface area contributed by atoms with Gasteiger partial charge in [0.15, 0.2) is 11.5 Å². The van der Waals surface area contributed by atoms with E-state index in [2.05, 4.69) is 18.7 Å². The first kappa shape index (κ1) is 29.3. The fraction of sp³-hybridized carbons (Fsp3) is 0.464. The maximum atomic E-state index is 12.3. The third-order valence-electron chi connectivity index (χ3n) is 6.37. The lowest BCUT2D eigenvalue weighted by molar-refractivity contribution is -0.138. The fourth-order valence-electron chi connectivity index (χ4n) is 4.52. The number of carboxylic acid groups (broad SMARTS) is 1. The van der Waals surface area contributed by atoms with E-state index >= 15 is 0 Å². The van der Waals surface area contributed by atoms with Crippen molar-refractivity contribution in [2.45, 2.75) is 39.3 Å². The molecule has 9 nitrogen and oxygen atoms in total. The minimum atomic E-state index is -0.878. The van der Waals surface area contributed by atoms with Crippen molar-refractivity contribution in [1.29, 1.82) is 0 Å². The van der Waals surface area contributed by atoms with Gasteiger partial charge in [-0.3, -0.25) is 19.4 Å². The first-order chi connectivity index (χ1) is 18.1. The molecule has 1 N–H and O–H groups in total. The first-order valence-corrected chi connectivity index (χ1v) is 13.0. The van der Waals surface area contributed by atoms with Gasteiger partial charge < -0.3 is 19.5 Å². The van der Waals surface area contributed by atoms with Crippen LogP contribution in [-0.2, 0) is 16.1 Å². The summed E-state index contributed by atoms with van der Waals surface area (Å²) in [6, 6.07) is 12.2. The molecule has 2 aromatic rings. The van der Waals surface area contributed by atoms with Crippen LogP contribution in [0.4, 0.5) is 4.79 Å². The molecule has 1 saturated heterocycles. The van der Waals surface area contributed by atoms with Crippen molar-refractivity contribution >= 4 is 29.5 Å². The van der Waals surface area contributed by atoms with Crippen molar-refractivity contribution in [3.63, 3.8) is 0 Å². The Bertz CT molecular complexity index is 1120. The lowest BCUT2D eigenvalue weighted by Crippen LogP contribution is -2.51. The highest BCUT2D eigenvalue weighted by Crippen LogP contribution is 2.32. The zero-order valence-electron chi connectivity index (χ0n) is 22.4. The highest BCUT2D eigenvalue weighted by molar-refractivity contribution is 6.30. The summed E-state index contributed by atoms with van der Waals surface area (Å²) >= 11 is 6.07. The van der Waals surface area contributed by atoms with Crippen LogP contribution in [0, 0.1) is 5.92 Å². The predicted molar refractivity (Wildman–Crippen MR) is 145 cm³/mol. The molecule has 0 spiro atoms. The van der Waals surface area contributed by atoms with Crippen LogP contribution in [0.5, 0.6) is 11.5 Å².